The number of quaternary nitrogens is 1. The molecule has 0 aromatic heterocycles. The molecule has 0 spiro atoms. The van der Waals surface area contributed by atoms with Crippen LogP contribution in [-0.2, 0) is 33.3 Å². The smallest absolute Gasteiger partial charge is 0.306 e. The molecule has 0 aromatic carbocycles. The predicted molar refractivity (Wildman–Crippen MR) is 293 cm³/mol. The average Bonchev–Trinajstić information content (AvgIpc) is 3.33. The largest absolute Gasteiger partial charge is 0.545 e. The zero-order chi connectivity index (χ0) is 51.3. The molecular weight excluding hydrogens is 875 g/mol. The van der Waals surface area contributed by atoms with Crippen LogP contribution in [0.1, 0.15) is 303 Å². The Morgan fingerprint density at radius 2 is 0.729 bits per heavy atom. The van der Waals surface area contributed by atoms with Gasteiger partial charge in [-0.3, -0.25) is 9.59 Å². The van der Waals surface area contributed by atoms with Crippen LogP contribution in [0.5, 0.6) is 0 Å². The van der Waals surface area contributed by atoms with Crippen LogP contribution in [0.25, 0.3) is 0 Å². The minimum atomic E-state index is -1.62. The molecular formula is C61H117NO8. The number of hydrogen-bond donors (Lipinski definition) is 0. The van der Waals surface area contributed by atoms with Crippen LogP contribution in [0, 0.1) is 0 Å². The first kappa shape index (κ1) is 68.0. The van der Waals surface area contributed by atoms with Gasteiger partial charge in [-0.1, -0.05) is 264 Å². The number of rotatable bonds is 57. The predicted octanol–water partition coefficient (Wildman–Crippen LogP) is 16.4. The molecule has 414 valence electrons. The van der Waals surface area contributed by atoms with Crippen LogP contribution in [0.15, 0.2) is 12.2 Å². The van der Waals surface area contributed by atoms with Crippen molar-refractivity contribution in [3.05, 3.63) is 12.2 Å². The quantitative estimate of drug-likeness (QED) is 0.0195. The Balaban J connectivity index is 4.11. The van der Waals surface area contributed by atoms with Gasteiger partial charge in [-0.05, 0) is 38.5 Å². The zero-order valence-corrected chi connectivity index (χ0v) is 47.2. The highest BCUT2D eigenvalue weighted by atomic mass is 16.7. The number of unbranched alkanes of at least 4 members (excludes halogenated alkanes) is 40. The normalized spacial score (nSPS) is 12.8. The molecule has 0 aromatic rings. The highest BCUT2D eigenvalue weighted by molar-refractivity contribution is 5.70. The van der Waals surface area contributed by atoms with Gasteiger partial charge in [0.05, 0.1) is 40.3 Å². The van der Waals surface area contributed by atoms with E-state index in [1.807, 2.05) is 21.1 Å². The Bertz CT molecular complexity index is 1150. The van der Waals surface area contributed by atoms with E-state index in [4.69, 9.17) is 18.9 Å². The van der Waals surface area contributed by atoms with Crippen molar-refractivity contribution in [2.75, 3.05) is 47.5 Å². The van der Waals surface area contributed by atoms with E-state index in [1.54, 1.807) is 0 Å². The topological polar surface area (TPSA) is 111 Å². The van der Waals surface area contributed by atoms with Gasteiger partial charge in [0.15, 0.2) is 12.4 Å². The lowest BCUT2D eigenvalue weighted by Crippen LogP contribution is -2.44. The lowest BCUT2D eigenvalue weighted by molar-refractivity contribution is -0.870. The molecule has 9 nitrogen and oxygen atoms in total. The minimum absolute atomic E-state index is 0.150. The van der Waals surface area contributed by atoms with Gasteiger partial charge in [-0.2, -0.15) is 0 Å². The van der Waals surface area contributed by atoms with Gasteiger partial charge in [-0.15, -0.1) is 0 Å². The fourth-order valence-corrected chi connectivity index (χ4v) is 9.06. The molecule has 9 heteroatoms. The van der Waals surface area contributed by atoms with Crippen molar-refractivity contribution in [2.45, 2.75) is 315 Å². The Labute approximate surface area is 434 Å². The molecule has 2 atom stereocenters. The van der Waals surface area contributed by atoms with Gasteiger partial charge in [0.25, 0.3) is 0 Å². The Morgan fingerprint density at radius 1 is 0.414 bits per heavy atom. The molecule has 0 fully saturated rings. The van der Waals surface area contributed by atoms with E-state index in [1.165, 1.54) is 225 Å². The lowest BCUT2D eigenvalue weighted by Gasteiger charge is -2.26. The molecule has 0 aliphatic heterocycles. The number of allylic oxidation sites excluding steroid dienone is 2. The number of nitrogens with zero attached hydrogens (tertiary/aromatic N) is 1. The molecule has 0 saturated carbocycles. The molecule has 70 heavy (non-hydrogen) atoms. The third-order valence-electron chi connectivity index (χ3n) is 13.8. The molecule has 0 amide bonds. The number of carbonyl (C=O) groups is 3. The highest BCUT2D eigenvalue weighted by Gasteiger charge is 2.22. The van der Waals surface area contributed by atoms with Crippen LogP contribution in [-0.4, -0.2) is 82.3 Å². The minimum Gasteiger partial charge on any atom is -0.545 e. The first-order chi connectivity index (χ1) is 34.1. The lowest BCUT2D eigenvalue weighted by atomic mass is 10.0. The molecule has 0 heterocycles. The van der Waals surface area contributed by atoms with E-state index >= 15 is 0 Å². The van der Waals surface area contributed by atoms with Crippen molar-refractivity contribution in [1.82, 2.24) is 0 Å². The standard InChI is InChI=1S/C61H117NO8/c1-6-8-10-12-14-16-18-20-22-24-25-26-27-28-29-30-31-32-33-34-36-37-39-41-43-45-47-49-51-58(63)68-55-57(56-69-61(60(65)66)67-54-53-62(3,4)5)70-59(64)52-50-48-46-44-42-40-38-35-23-21-19-17-15-13-11-9-7-2/h21,23,57,61H,6-20,22,24-56H2,1-5H3/b23-21-. The van der Waals surface area contributed by atoms with Crippen molar-refractivity contribution in [3.63, 3.8) is 0 Å². The maximum atomic E-state index is 12.8. The Kier molecular flexibility index (Phi) is 51.8. The molecule has 0 N–H and O–H groups in total. The van der Waals surface area contributed by atoms with E-state index in [-0.39, 0.29) is 32.2 Å². The van der Waals surface area contributed by atoms with Crippen LogP contribution >= 0.6 is 0 Å². The number of carboxylic acids is 1. The van der Waals surface area contributed by atoms with Gasteiger partial charge in [-0.25, -0.2) is 0 Å². The molecule has 0 rings (SSSR count). The summed E-state index contributed by atoms with van der Waals surface area (Å²) in [7, 11) is 5.93. The third-order valence-corrected chi connectivity index (χ3v) is 13.8. The van der Waals surface area contributed by atoms with E-state index in [9.17, 15) is 19.5 Å². The van der Waals surface area contributed by atoms with Crippen molar-refractivity contribution in [3.8, 4) is 0 Å². The van der Waals surface area contributed by atoms with E-state index < -0.39 is 24.3 Å². The van der Waals surface area contributed by atoms with Crippen LogP contribution in [0.3, 0.4) is 0 Å². The number of ether oxygens (including phenoxy) is 4. The Morgan fingerprint density at radius 3 is 1.06 bits per heavy atom. The maximum absolute atomic E-state index is 12.8. The summed E-state index contributed by atoms with van der Waals surface area (Å²) in [5, 5.41) is 11.8. The second-order valence-electron chi connectivity index (χ2n) is 22.0. The van der Waals surface area contributed by atoms with Gasteiger partial charge >= 0.3 is 11.9 Å². The summed E-state index contributed by atoms with van der Waals surface area (Å²) in [5.41, 5.74) is 0. The number of esters is 2. The first-order valence-corrected chi connectivity index (χ1v) is 30.3. The van der Waals surface area contributed by atoms with Gasteiger partial charge < -0.3 is 33.3 Å². The molecule has 0 aliphatic rings. The van der Waals surface area contributed by atoms with Crippen LogP contribution < -0.4 is 5.11 Å². The molecule has 0 bridgehead atoms. The first-order valence-electron chi connectivity index (χ1n) is 30.3. The molecule has 2 unspecified atom stereocenters. The summed E-state index contributed by atoms with van der Waals surface area (Å²) in [6, 6.07) is 0. The molecule has 0 aliphatic carbocycles. The van der Waals surface area contributed by atoms with Crippen molar-refractivity contribution in [2.24, 2.45) is 0 Å². The number of aliphatic carboxylic acids is 1. The van der Waals surface area contributed by atoms with E-state index in [2.05, 4.69) is 26.0 Å². The third kappa shape index (κ3) is 53.8. The maximum Gasteiger partial charge on any atom is 0.306 e. The van der Waals surface area contributed by atoms with Crippen molar-refractivity contribution in [1.29, 1.82) is 0 Å². The second kappa shape index (κ2) is 53.3. The van der Waals surface area contributed by atoms with E-state index in [0.29, 0.717) is 23.9 Å². The van der Waals surface area contributed by atoms with Gasteiger partial charge in [0, 0.05) is 12.8 Å². The van der Waals surface area contributed by atoms with Crippen LogP contribution in [0.2, 0.25) is 0 Å². The monoisotopic (exact) mass is 992 g/mol. The van der Waals surface area contributed by atoms with E-state index in [0.717, 1.165) is 44.9 Å². The van der Waals surface area contributed by atoms with Crippen molar-refractivity contribution >= 4 is 17.9 Å². The summed E-state index contributed by atoms with van der Waals surface area (Å²) in [4.78, 5) is 37.3. The summed E-state index contributed by atoms with van der Waals surface area (Å²) in [6.45, 7) is 4.79. The SMILES string of the molecule is CCCCCCCC/C=C\CCCCCCCCCC(=O)OC(COC(=O)CCCCCCCCCCCCCCCCCCCCCCCCCCCCCC)COC(OCC[N+](C)(C)C)C(=O)[O-]. The number of hydrogen-bond acceptors (Lipinski definition) is 8. The highest BCUT2D eigenvalue weighted by Crippen LogP contribution is 2.18. The summed E-state index contributed by atoms with van der Waals surface area (Å²) < 4.78 is 22.7. The second-order valence-corrected chi connectivity index (χ2v) is 22.0. The van der Waals surface area contributed by atoms with Gasteiger partial charge in [0.1, 0.15) is 13.2 Å². The number of carbonyl (C=O) groups excluding carboxylic acids is 3. The summed E-state index contributed by atoms with van der Waals surface area (Å²) in [6.07, 6.45) is 58.4. The fraction of sp³-hybridized carbons (Fsp3) is 0.918. The van der Waals surface area contributed by atoms with Crippen LogP contribution in [0.4, 0.5) is 0 Å². The molecule has 0 radical (unpaired) electrons. The average molecular weight is 993 g/mol. The zero-order valence-electron chi connectivity index (χ0n) is 47.2. The summed E-state index contributed by atoms with van der Waals surface area (Å²) >= 11 is 0. The summed E-state index contributed by atoms with van der Waals surface area (Å²) in [5.74, 6) is -2.26. The molecule has 0 saturated heterocycles. The number of likely N-dealkylation sites (N-methyl/N-ethyl adjacent to an activating group) is 1. The van der Waals surface area contributed by atoms with Crippen molar-refractivity contribution < 1.29 is 42.9 Å². The number of carboxylic acid groups (broad SMARTS) is 1. The fourth-order valence-electron chi connectivity index (χ4n) is 9.06. The Hall–Kier alpha value is -1.97. The van der Waals surface area contributed by atoms with Gasteiger partial charge in [0.2, 0.25) is 0 Å².